The normalized spacial score (nSPS) is 23.5. The molecule has 0 atom stereocenters. The van der Waals surface area contributed by atoms with Gasteiger partial charge in [0.15, 0.2) is 0 Å². The Morgan fingerprint density at radius 1 is 0.914 bits per heavy atom. The minimum absolute atomic E-state index is 0.427. The molecule has 2 aliphatic carbocycles. The van der Waals surface area contributed by atoms with Gasteiger partial charge in [0, 0.05) is 72.4 Å². The van der Waals surface area contributed by atoms with E-state index in [1.165, 1.54) is 49.4 Å². The van der Waals surface area contributed by atoms with Crippen molar-refractivity contribution in [2.75, 3.05) is 43.5 Å². The van der Waals surface area contributed by atoms with Crippen molar-refractivity contribution in [2.45, 2.75) is 60.8 Å². The van der Waals surface area contributed by atoms with Gasteiger partial charge in [0.25, 0.3) is 0 Å². The fourth-order valence-corrected chi connectivity index (χ4v) is 6.72. The first kappa shape index (κ1) is 23.1. The highest BCUT2D eigenvalue weighted by Gasteiger charge is 2.31. The Bertz CT molecular complexity index is 1140. The number of nitrogens with one attached hydrogen (secondary N) is 1. The molecule has 0 bridgehead atoms. The average Bonchev–Trinajstić information content (AvgIpc) is 3.76. The van der Waals surface area contributed by atoms with Crippen molar-refractivity contribution in [2.24, 2.45) is 0 Å². The lowest BCUT2D eigenvalue weighted by Crippen LogP contribution is -2.47. The Balaban J connectivity index is 1.12. The van der Waals surface area contributed by atoms with Crippen molar-refractivity contribution >= 4 is 40.0 Å². The molecule has 6 nitrogen and oxygen atoms in total. The first-order valence-electron chi connectivity index (χ1n) is 13.1. The van der Waals surface area contributed by atoms with Gasteiger partial charge >= 0.3 is 0 Å². The van der Waals surface area contributed by atoms with Gasteiger partial charge in [-0.15, -0.1) is 11.8 Å². The van der Waals surface area contributed by atoms with Gasteiger partial charge in [-0.3, -0.25) is 4.90 Å². The molecule has 1 aromatic heterocycles. The van der Waals surface area contributed by atoms with Gasteiger partial charge in [-0.1, -0.05) is 12.1 Å². The van der Waals surface area contributed by atoms with Crippen molar-refractivity contribution in [1.29, 1.82) is 0 Å². The molecule has 1 N–H and O–H groups in total. The van der Waals surface area contributed by atoms with Gasteiger partial charge in [0.2, 0.25) is 5.95 Å². The lowest BCUT2D eigenvalue weighted by Gasteiger charge is -2.36. The Morgan fingerprint density at radius 3 is 2.40 bits per heavy atom. The van der Waals surface area contributed by atoms with Crippen LogP contribution in [0.4, 0.5) is 17.3 Å². The van der Waals surface area contributed by atoms with Crippen molar-refractivity contribution < 1.29 is 4.74 Å². The molecule has 0 unspecified atom stereocenters. The highest BCUT2D eigenvalue weighted by molar-refractivity contribution is 8.00. The maximum absolute atomic E-state index is 5.55. The highest BCUT2D eigenvalue weighted by Crippen LogP contribution is 2.37. The Hall–Kier alpha value is -2.35. The van der Waals surface area contributed by atoms with E-state index in [4.69, 9.17) is 9.72 Å². The van der Waals surface area contributed by atoms with Crippen molar-refractivity contribution in [3.63, 3.8) is 0 Å². The molecule has 6 rings (SSSR count). The number of methoxy groups -OCH3 is 1. The molecule has 0 amide bonds. The van der Waals surface area contributed by atoms with Crippen LogP contribution >= 0.6 is 11.8 Å². The summed E-state index contributed by atoms with van der Waals surface area (Å²) in [6, 6.07) is 16.0. The van der Waals surface area contributed by atoms with Crippen molar-refractivity contribution in [3.05, 3.63) is 48.7 Å². The molecular weight excluding hydrogens is 454 g/mol. The van der Waals surface area contributed by atoms with E-state index in [1.807, 2.05) is 25.1 Å². The molecule has 3 aromatic rings. The zero-order valence-corrected chi connectivity index (χ0v) is 21.3. The molecule has 0 radical (unpaired) electrons. The largest absolute Gasteiger partial charge is 0.381 e. The predicted molar refractivity (Wildman–Crippen MR) is 145 cm³/mol. The van der Waals surface area contributed by atoms with Crippen LogP contribution in [0.3, 0.4) is 0 Å². The van der Waals surface area contributed by atoms with E-state index in [9.17, 15) is 0 Å². The summed E-state index contributed by atoms with van der Waals surface area (Å²) >= 11 is 1.96. The lowest BCUT2D eigenvalue weighted by atomic mass is 9.97. The summed E-state index contributed by atoms with van der Waals surface area (Å²) in [4.78, 5) is 15.9. The first-order valence-corrected chi connectivity index (χ1v) is 13.9. The van der Waals surface area contributed by atoms with Gasteiger partial charge in [-0.05, 0) is 68.9 Å². The molecule has 1 saturated heterocycles. The molecule has 35 heavy (non-hydrogen) atoms. The SMILES string of the molecule is COC1CCC(Sc2cccc3cnc(Nc4ccc(N5CCN(C6CC6)CC5)cc4)nc23)CC1. The van der Waals surface area contributed by atoms with Crippen LogP contribution in [-0.2, 0) is 4.74 Å². The Morgan fingerprint density at radius 2 is 1.69 bits per heavy atom. The quantitative estimate of drug-likeness (QED) is 0.456. The standard InChI is InChI=1S/C28H35N5OS/c1-34-24-11-13-25(14-12-24)35-26-4-2-3-20-19-29-28(31-27(20)26)30-21-5-7-22(8-6-21)32-15-17-33(18-16-32)23-9-10-23/h2-8,19,23-25H,9-18H2,1H3,(H,29,30,31). The summed E-state index contributed by atoms with van der Waals surface area (Å²) in [5.74, 6) is 0.652. The summed E-state index contributed by atoms with van der Waals surface area (Å²) in [5.41, 5.74) is 3.36. The van der Waals surface area contributed by atoms with Gasteiger partial charge < -0.3 is 15.0 Å². The number of benzene rings is 2. The summed E-state index contributed by atoms with van der Waals surface area (Å²) in [6.45, 7) is 4.60. The lowest BCUT2D eigenvalue weighted by molar-refractivity contribution is 0.0723. The zero-order chi connectivity index (χ0) is 23.6. The fourth-order valence-electron chi connectivity index (χ4n) is 5.42. The molecule has 7 heteroatoms. The molecule has 184 valence electrons. The molecule has 1 aliphatic heterocycles. The molecule has 2 saturated carbocycles. The third kappa shape index (κ3) is 5.42. The molecule has 3 fully saturated rings. The summed E-state index contributed by atoms with van der Waals surface area (Å²) in [5, 5.41) is 5.14. The monoisotopic (exact) mass is 489 g/mol. The van der Waals surface area contributed by atoms with Crippen LogP contribution in [0.1, 0.15) is 38.5 Å². The van der Waals surface area contributed by atoms with Gasteiger partial charge in [-0.2, -0.15) is 0 Å². The topological polar surface area (TPSA) is 53.5 Å². The summed E-state index contributed by atoms with van der Waals surface area (Å²) in [6.07, 6.45) is 9.83. The molecule has 3 aliphatic rings. The Kier molecular flexibility index (Phi) is 6.81. The third-order valence-electron chi connectivity index (χ3n) is 7.69. The van der Waals surface area contributed by atoms with E-state index in [0.717, 1.165) is 48.6 Å². The average molecular weight is 490 g/mol. The van der Waals surface area contributed by atoms with Crippen LogP contribution in [0.2, 0.25) is 0 Å². The van der Waals surface area contributed by atoms with Gasteiger partial charge in [-0.25, -0.2) is 9.97 Å². The predicted octanol–water partition coefficient (Wildman–Crippen LogP) is 5.71. The van der Waals surface area contributed by atoms with Crippen molar-refractivity contribution in [3.8, 4) is 0 Å². The number of rotatable bonds is 7. The van der Waals surface area contributed by atoms with E-state index in [0.29, 0.717) is 17.3 Å². The number of anilines is 3. The number of nitrogens with zero attached hydrogens (tertiary/aromatic N) is 4. The van der Waals surface area contributed by atoms with Crippen LogP contribution in [0.5, 0.6) is 0 Å². The molecule has 2 heterocycles. The molecule has 2 aromatic carbocycles. The van der Waals surface area contributed by atoms with Crippen LogP contribution in [-0.4, -0.2) is 65.6 Å². The first-order chi connectivity index (χ1) is 17.2. The second-order valence-corrected chi connectivity index (χ2v) is 11.4. The second kappa shape index (κ2) is 10.3. The Labute approximate surface area is 212 Å². The number of para-hydroxylation sites is 1. The zero-order valence-electron chi connectivity index (χ0n) is 20.5. The van der Waals surface area contributed by atoms with Crippen molar-refractivity contribution in [1.82, 2.24) is 14.9 Å². The minimum Gasteiger partial charge on any atom is -0.381 e. The molecule has 0 spiro atoms. The number of thioether (sulfide) groups is 1. The van der Waals surface area contributed by atoms with Crippen LogP contribution in [0, 0.1) is 0 Å². The smallest absolute Gasteiger partial charge is 0.227 e. The summed E-state index contributed by atoms with van der Waals surface area (Å²) < 4.78 is 5.55. The maximum atomic E-state index is 5.55. The molecular formula is C28H35N5OS. The number of ether oxygens (including phenoxy) is 1. The van der Waals surface area contributed by atoms with Crippen LogP contribution in [0.15, 0.2) is 53.6 Å². The number of fused-ring (bicyclic) bond motifs is 1. The van der Waals surface area contributed by atoms with E-state index >= 15 is 0 Å². The number of aromatic nitrogens is 2. The minimum atomic E-state index is 0.427. The van der Waals surface area contributed by atoms with Gasteiger partial charge in [0.1, 0.15) is 0 Å². The van der Waals surface area contributed by atoms with E-state index in [2.05, 4.69) is 62.6 Å². The number of hydrogen-bond donors (Lipinski definition) is 1. The fraction of sp³-hybridized carbons (Fsp3) is 0.500. The number of hydrogen-bond acceptors (Lipinski definition) is 7. The van der Waals surface area contributed by atoms with E-state index < -0.39 is 0 Å². The summed E-state index contributed by atoms with van der Waals surface area (Å²) in [7, 11) is 1.83. The number of piperazine rings is 1. The van der Waals surface area contributed by atoms with E-state index in [1.54, 1.807) is 0 Å². The highest BCUT2D eigenvalue weighted by atomic mass is 32.2. The third-order valence-corrected chi connectivity index (χ3v) is 9.08. The second-order valence-electron chi connectivity index (χ2n) is 10.1. The van der Waals surface area contributed by atoms with E-state index in [-0.39, 0.29) is 0 Å². The maximum Gasteiger partial charge on any atom is 0.227 e. The van der Waals surface area contributed by atoms with Crippen LogP contribution < -0.4 is 10.2 Å². The van der Waals surface area contributed by atoms with Crippen LogP contribution in [0.25, 0.3) is 10.9 Å². The van der Waals surface area contributed by atoms with Gasteiger partial charge in [0.05, 0.1) is 11.6 Å².